The molecule has 0 fully saturated rings. The van der Waals surface area contributed by atoms with E-state index in [1.807, 2.05) is 0 Å². The van der Waals surface area contributed by atoms with Gasteiger partial charge in [0, 0.05) is 19.3 Å². The highest BCUT2D eigenvalue weighted by Crippen LogP contribution is 2.16. The molecular formula is C7H11N7O2S2. The maximum absolute atomic E-state index is 11.7. The van der Waals surface area contributed by atoms with Crippen LogP contribution in [0, 0.1) is 0 Å². The standard InChI is InChI=1S/C7H11N7O2S2/c8-6-11-12-7(17-6)18(15,16)10-2-1-4-14-5-3-9-13-14/h3,5,10H,1-2,4H2,(H2,8,11). The van der Waals surface area contributed by atoms with Crippen LogP contribution in [0.1, 0.15) is 6.42 Å². The fourth-order valence-corrected chi connectivity index (χ4v) is 3.09. The van der Waals surface area contributed by atoms with Crippen LogP contribution in [0.25, 0.3) is 0 Å². The van der Waals surface area contributed by atoms with E-state index in [1.54, 1.807) is 17.1 Å². The van der Waals surface area contributed by atoms with Crippen molar-refractivity contribution in [1.82, 2.24) is 29.9 Å². The Bertz CT molecular complexity index is 591. The summed E-state index contributed by atoms with van der Waals surface area (Å²) in [5.74, 6) is 0. The molecule has 18 heavy (non-hydrogen) atoms. The van der Waals surface area contributed by atoms with Crippen molar-refractivity contribution in [2.45, 2.75) is 17.3 Å². The van der Waals surface area contributed by atoms with Crippen molar-refractivity contribution in [3.63, 3.8) is 0 Å². The number of hydrogen-bond donors (Lipinski definition) is 2. The molecular weight excluding hydrogens is 278 g/mol. The fraction of sp³-hybridized carbons (Fsp3) is 0.429. The van der Waals surface area contributed by atoms with Gasteiger partial charge >= 0.3 is 0 Å². The van der Waals surface area contributed by atoms with Crippen LogP contribution >= 0.6 is 11.3 Å². The average Bonchev–Trinajstić information content (AvgIpc) is 2.95. The number of aromatic nitrogens is 5. The van der Waals surface area contributed by atoms with Crippen molar-refractivity contribution in [1.29, 1.82) is 0 Å². The van der Waals surface area contributed by atoms with Crippen LogP contribution in [0.3, 0.4) is 0 Å². The zero-order valence-corrected chi connectivity index (χ0v) is 10.9. The molecule has 0 aliphatic heterocycles. The Balaban J connectivity index is 1.82. The van der Waals surface area contributed by atoms with E-state index in [9.17, 15) is 8.42 Å². The van der Waals surface area contributed by atoms with Gasteiger partial charge in [0.2, 0.25) is 9.47 Å². The minimum absolute atomic E-state index is 0.123. The SMILES string of the molecule is Nc1nnc(S(=O)(=O)NCCCn2ccnn2)s1. The minimum Gasteiger partial charge on any atom is -0.374 e. The summed E-state index contributed by atoms with van der Waals surface area (Å²) >= 11 is 0.828. The van der Waals surface area contributed by atoms with Crippen LogP contribution < -0.4 is 10.5 Å². The number of nitrogens with one attached hydrogen (secondary N) is 1. The third-order valence-corrected chi connectivity index (χ3v) is 4.56. The van der Waals surface area contributed by atoms with E-state index in [0.717, 1.165) is 11.3 Å². The maximum atomic E-state index is 11.7. The molecule has 98 valence electrons. The van der Waals surface area contributed by atoms with Crippen molar-refractivity contribution in [2.24, 2.45) is 0 Å². The largest absolute Gasteiger partial charge is 0.374 e. The normalized spacial score (nSPS) is 11.8. The lowest BCUT2D eigenvalue weighted by Crippen LogP contribution is -2.25. The second kappa shape index (κ2) is 5.37. The lowest BCUT2D eigenvalue weighted by molar-refractivity contribution is 0.541. The molecule has 0 aliphatic carbocycles. The van der Waals surface area contributed by atoms with Crippen LogP contribution in [-0.4, -0.2) is 40.2 Å². The van der Waals surface area contributed by atoms with Gasteiger partial charge in [0.05, 0.1) is 6.20 Å². The second-order valence-corrected chi connectivity index (χ2v) is 6.27. The number of anilines is 1. The molecule has 0 amide bonds. The molecule has 0 spiro atoms. The van der Waals surface area contributed by atoms with Gasteiger partial charge in [-0.1, -0.05) is 16.6 Å². The van der Waals surface area contributed by atoms with Gasteiger partial charge in [0.1, 0.15) is 0 Å². The third kappa shape index (κ3) is 3.21. The van der Waals surface area contributed by atoms with Crippen LogP contribution in [0.15, 0.2) is 16.7 Å². The van der Waals surface area contributed by atoms with Crippen LogP contribution in [0.2, 0.25) is 0 Å². The predicted octanol–water partition coefficient (Wildman–Crippen LogP) is -0.920. The van der Waals surface area contributed by atoms with Crippen LogP contribution in [0.4, 0.5) is 5.13 Å². The molecule has 3 N–H and O–H groups in total. The summed E-state index contributed by atoms with van der Waals surface area (Å²) in [5.41, 5.74) is 5.33. The van der Waals surface area contributed by atoms with Gasteiger partial charge in [-0.05, 0) is 6.42 Å². The smallest absolute Gasteiger partial charge is 0.269 e. The molecule has 0 atom stereocenters. The second-order valence-electron chi connectivity index (χ2n) is 3.32. The van der Waals surface area contributed by atoms with E-state index in [2.05, 4.69) is 25.2 Å². The van der Waals surface area contributed by atoms with E-state index in [4.69, 9.17) is 5.73 Å². The number of nitrogens with zero attached hydrogens (tertiary/aromatic N) is 5. The number of sulfonamides is 1. The van der Waals surface area contributed by atoms with Gasteiger partial charge in [-0.3, -0.25) is 4.68 Å². The summed E-state index contributed by atoms with van der Waals surface area (Å²) in [6.45, 7) is 0.864. The molecule has 0 radical (unpaired) electrons. The van der Waals surface area contributed by atoms with Crippen molar-refractivity contribution >= 4 is 26.5 Å². The topological polar surface area (TPSA) is 129 Å². The average molecular weight is 289 g/mol. The molecule has 11 heteroatoms. The summed E-state index contributed by atoms with van der Waals surface area (Å²) < 4.78 is 27.3. The van der Waals surface area contributed by atoms with Gasteiger partial charge in [-0.15, -0.1) is 15.3 Å². The maximum Gasteiger partial charge on any atom is 0.269 e. The molecule has 2 aromatic rings. The highest BCUT2D eigenvalue weighted by molar-refractivity contribution is 7.91. The number of nitrogens with two attached hydrogens (primary N) is 1. The van der Waals surface area contributed by atoms with E-state index in [0.29, 0.717) is 13.0 Å². The molecule has 9 nitrogen and oxygen atoms in total. The summed E-state index contributed by atoms with van der Waals surface area (Å²) in [7, 11) is -3.61. The minimum atomic E-state index is -3.61. The zero-order chi connectivity index (χ0) is 13.0. The van der Waals surface area contributed by atoms with E-state index in [-0.39, 0.29) is 16.0 Å². The third-order valence-electron chi connectivity index (χ3n) is 1.98. The van der Waals surface area contributed by atoms with E-state index < -0.39 is 10.0 Å². The summed E-state index contributed by atoms with van der Waals surface area (Å²) in [6, 6.07) is 0. The molecule has 2 rings (SSSR count). The Morgan fingerprint density at radius 2 is 2.28 bits per heavy atom. The zero-order valence-electron chi connectivity index (χ0n) is 9.22. The first-order chi connectivity index (χ1) is 8.58. The predicted molar refractivity (Wildman–Crippen MR) is 64.1 cm³/mol. The Morgan fingerprint density at radius 1 is 1.44 bits per heavy atom. The molecule has 0 unspecified atom stereocenters. The molecule has 0 aliphatic rings. The van der Waals surface area contributed by atoms with Crippen molar-refractivity contribution in [3.05, 3.63) is 12.4 Å². The summed E-state index contributed by atoms with van der Waals surface area (Å²) in [4.78, 5) is 0. The molecule has 2 aromatic heterocycles. The Morgan fingerprint density at radius 3 is 2.89 bits per heavy atom. The van der Waals surface area contributed by atoms with Crippen LogP contribution in [0.5, 0.6) is 0 Å². The monoisotopic (exact) mass is 289 g/mol. The first kappa shape index (κ1) is 12.9. The molecule has 0 bridgehead atoms. The number of hydrogen-bond acceptors (Lipinski definition) is 8. The number of nitrogen functional groups attached to an aromatic ring is 1. The lowest BCUT2D eigenvalue weighted by atomic mass is 10.4. The Labute approximate surface area is 107 Å². The van der Waals surface area contributed by atoms with Crippen molar-refractivity contribution in [3.8, 4) is 0 Å². The molecule has 2 heterocycles. The first-order valence-electron chi connectivity index (χ1n) is 5.01. The molecule has 0 aromatic carbocycles. The first-order valence-corrected chi connectivity index (χ1v) is 7.30. The van der Waals surface area contributed by atoms with Gasteiger partial charge in [-0.2, -0.15) is 0 Å². The summed E-state index contributed by atoms with van der Waals surface area (Å²) in [5, 5.41) is 14.5. The van der Waals surface area contributed by atoms with Gasteiger partial charge < -0.3 is 5.73 Å². The molecule has 0 saturated heterocycles. The lowest BCUT2D eigenvalue weighted by Gasteiger charge is -2.03. The van der Waals surface area contributed by atoms with Gasteiger partial charge in [0.25, 0.3) is 10.0 Å². The van der Waals surface area contributed by atoms with Gasteiger partial charge in [-0.25, -0.2) is 13.1 Å². The highest BCUT2D eigenvalue weighted by Gasteiger charge is 2.18. The van der Waals surface area contributed by atoms with Gasteiger partial charge in [0.15, 0.2) is 0 Å². The molecule has 0 saturated carbocycles. The van der Waals surface area contributed by atoms with Crippen molar-refractivity contribution in [2.75, 3.05) is 12.3 Å². The Kier molecular flexibility index (Phi) is 3.84. The quantitative estimate of drug-likeness (QED) is 0.658. The van der Waals surface area contributed by atoms with Crippen molar-refractivity contribution < 1.29 is 8.42 Å². The fourth-order valence-electron chi connectivity index (χ4n) is 1.19. The van der Waals surface area contributed by atoms with Crippen LogP contribution in [-0.2, 0) is 16.6 Å². The number of rotatable bonds is 6. The Hall–Kier alpha value is -1.59. The number of aryl methyl sites for hydroxylation is 1. The highest BCUT2D eigenvalue weighted by atomic mass is 32.2. The van der Waals surface area contributed by atoms with E-state index >= 15 is 0 Å². The summed E-state index contributed by atoms with van der Waals surface area (Å²) in [6.07, 6.45) is 3.87. The van der Waals surface area contributed by atoms with E-state index in [1.165, 1.54) is 0 Å².